The highest BCUT2D eigenvalue weighted by Gasteiger charge is 2.45. The third-order valence-electron chi connectivity index (χ3n) is 9.01. The number of aromatic nitrogens is 1. The Morgan fingerprint density at radius 1 is 0.804 bits per heavy atom. The number of benzene rings is 4. The van der Waals surface area contributed by atoms with Gasteiger partial charge < -0.3 is 19.7 Å². The molecule has 234 valence electrons. The van der Waals surface area contributed by atoms with Gasteiger partial charge >= 0.3 is 6.09 Å². The minimum absolute atomic E-state index is 0.232. The number of carbonyl (C=O) groups excluding carboxylic acids is 1. The fourth-order valence-corrected chi connectivity index (χ4v) is 6.58. The number of unbranched alkanes of at least 4 members (excludes halogenated alkanes) is 1. The standard InChI is InChI=1S/C38H37FN4O3/c39-30-18-15-28(16-19-30)27-40-37(44)46-38(31-10-2-5-13-34(31)45-35-14-6-3-11-32(35)38)21-7-8-22-42-23-25-43(26-24-42)36-20-17-29-9-1-4-12-33(29)41-36/h1-6,9-20H,7-8,21-27H2,(H,40,44). The van der Waals surface area contributed by atoms with Gasteiger partial charge in [0, 0.05) is 49.2 Å². The maximum absolute atomic E-state index is 13.4. The second-order valence-electron chi connectivity index (χ2n) is 11.9. The lowest BCUT2D eigenvalue weighted by Gasteiger charge is -2.40. The van der Waals surface area contributed by atoms with Crippen LogP contribution < -0.4 is 15.0 Å². The summed E-state index contributed by atoms with van der Waals surface area (Å²) >= 11 is 0. The summed E-state index contributed by atoms with van der Waals surface area (Å²) < 4.78 is 26.1. The van der Waals surface area contributed by atoms with Crippen molar-refractivity contribution in [3.8, 4) is 11.5 Å². The van der Waals surface area contributed by atoms with Crippen LogP contribution in [0.15, 0.2) is 109 Å². The second-order valence-corrected chi connectivity index (χ2v) is 11.9. The van der Waals surface area contributed by atoms with Crippen molar-refractivity contribution in [2.24, 2.45) is 0 Å². The van der Waals surface area contributed by atoms with E-state index >= 15 is 0 Å². The van der Waals surface area contributed by atoms with Crippen LogP contribution in [0.1, 0.15) is 36.0 Å². The Kier molecular flexibility index (Phi) is 8.53. The number of fused-ring (bicyclic) bond motifs is 3. The van der Waals surface area contributed by atoms with Gasteiger partial charge in [0.1, 0.15) is 23.1 Å². The molecule has 7 rings (SSSR count). The Labute approximate surface area is 268 Å². The number of amides is 1. The van der Waals surface area contributed by atoms with Crippen LogP contribution in [0.3, 0.4) is 0 Å². The number of pyridine rings is 1. The number of carbonyl (C=O) groups is 1. The molecule has 0 radical (unpaired) electrons. The number of anilines is 1. The summed E-state index contributed by atoms with van der Waals surface area (Å²) in [6.45, 7) is 5.01. The number of para-hydroxylation sites is 3. The Morgan fingerprint density at radius 3 is 2.22 bits per heavy atom. The molecule has 1 fully saturated rings. The Balaban J connectivity index is 1.02. The van der Waals surface area contributed by atoms with Crippen molar-refractivity contribution in [3.05, 3.63) is 132 Å². The Morgan fingerprint density at radius 2 is 1.48 bits per heavy atom. The molecular formula is C38H37FN4O3. The van der Waals surface area contributed by atoms with Crippen molar-refractivity contribution >= 4 is 22.8 Å². The normalized spacial score (nSPS) is 15.5. The number of halogens is 1. The molecule has 0 bridgehead atoms. The number of hydrogen-bond acceptors (Lipinski definition) is 6. The van der Waals surface area contributed by atoms with Gasteiger partial charge in [0.25, 0.3) is 0 Å². The highest BCUT2D eigenvalue weighted by Crippen LogP contribution is 2.51. The average Bonchev–Trinajstić information content (AvgIpc) is 3.10. The van der Waals surface area contributed by atoms with Crippen LogP contribution in [-0.2, 0) is 16.9 Å². The number of alkyl carbamates (subject to hydrolysis) is 1. The van der Waals surface area contributed by atoms with E-state index in [-0.39, 0.29) is 12.4 Å². The molecule has 2 aliphatic heterocycles. The van der Waals surface area contributed by atoms with Crippen molar-refractivity contribution in [1.82, 2.24) is 15.2 Å². The van der Waals surface area contributed by atoms with Gasteiger partial charge in [0.05, 0.1) is 5.52 Å². The van der Waals surface area contributed by atoms with Gasteiger partial charge in [-0.15, -0.1) is 0 Å². The zero-order valence-electron chi connectivity index (χ0n) is 25.7. The number of ether oxygens (including phenoxy) is 2. The van der Waals surface area contributed by atoms with Crippen molar-refractivity contribution in [3.63, 3.8) is 0 Å². The second kappa shape index (κ2) is 13.2. The van der Waals surface area contributed by atoms with Crippen LogP contribution in [0.25, 0.3) is 10.9 Å². The van der Waals surface area contributed by atoms with Gasteiger partial charge in [0.15, 0.2) is 5.60 Å². The fourth-order valence-electron chi connectivity index (χ4n) is 6.58. The largest absolute Gasteiger partial charge is 0.456 e. The van der Waals surface area contributed by atoms with Crippen LogP contribution in [0.4, 0.5) is 15.0 Å². The van der Waals surface area contributed by atoms with Gasteiger partial charge in [-0.1, -0.05) is 66.7 Å². The lowest BCUT2D eigenvalue weighted by atomic mass is 9.79. The van der Waals surface area contributed by atoms with E-state index < -0.39 is 11.7 Å². The number of hydrogen-bond donors (Lipinski definition) is 1. The van der Waals surface area contributed by atoms with Crippen LogP contribution in [0, 0.1) is 5.82 Å². The molecule has 0 spiro atoms. The van der Waals surface area contributed by atoms with Crippen molar-refractivity contribution < 1.29 is 18.7 Å². The van der Waals surface area contributed by atoms with E-state index in [1.807, 2.05) is 60.7 Å². The van der Waals surface area contributed by atoms with Gasteiger partial charge in [-0.3, -0.25) is 4.90 Å². The fraction of sp³-hybridized carbons (Fsp3) is 0.263. The molecule has 46 heavy (non-hydrogen) atoms. The van der Waals surface area contributed by atoms with Crippen molar-refractivity contribution in [2.75, 3.05) is 37.6 Å². The first-order chi connectivity index (χ1) is 22.6. The number of piperazine rings is 1. The number of nitrogens with zero attached hydrogens (tertiary/aromatic N) is 3. The molecule has 0 aliphatic carbocycles. The zero-order valence-corrected chi connectivity index (χ0v) is 25.7. The van der Waals surface area contributed by atoms with E-state index in [1.165, 1.54) is 12.1 Å². The van der Waals surface area contributed by atoms with E-state index in [0.717, 1.165) is 79.0 Å². The third-order valence-corrected chi connectivity index (χ3v) is 9.01. The first-order valence-corrected chi connectivity index (χ1v) is 16.0. The van der Waals surface area contributed by atoms with E-state index in [2.05, 4.69) is 39.4 Å². The third kappa shape index (κ3) is 6.26. The quantitative estimate of drug-likeness (QED) is 0.172. The first kappa shape index (κ1) is 29.7. The minimum atomic E-state index is -1.02. The molecule has 0 saturated carbocycles. The summed E-state index contributed by atoms with van der Waals surface area (Å²) in [7, 11) is 0. The van der Waals surface area contributed by atoms with E-state index in [1.54, 1.807) is 12.1 Å². The summed E-state index contributed by atoms with van der Waals surface area (Å²) in [6.07, 6.45) is 1.88. The van der Waals surface area contributed by atoms with Crippen molar-refractivity contribution in [2.45, 2.75) is 31.4 Å². The van der Waals surface area contributed by atoms with Gasteiger partial charge in [0.2, 0.25) is 0 Å². The molecule has 2 aliphatic rings. The number of rotatable bonds is 9. The summed E-state index contributed by atoms with van der Waals surface area (Å²) in [6, 6.07) is 34.2. The van der Waals surface area contributed by atoms with E-state index in [0.29, 0.717) is 17.9 Å². The lowest BCUT2D eigenvalue weighted by Crippen LogP contribution is -2.47. The van der Waals surface area contributed by atoms with Gasteiger partial charge in [-0.25, -0.2) is 14.2 Å². The van der Waals surface area contributed by atoms with Crippen LogP contribution in [0.5, 0.6) is 11.5 Å². The maximum Gasteiger partial charge on any atom is 0.408 e. The van der Waals surface area contributed by atoms with Crippen LogP contribution in [0.2, 0.25) is 0 Å². The molecule has 3 heterocycles. The topological polar surface area (TPSA) is 66.9 Å². The highest BCUT2D eigenvalue weighted by atomic mass is 19.1. The van der Waals surface area contributed by atoms with Crippen LogP contribution >= 0.6 is 0 Å². The zero-order chi connectivity index (χ0) is 31.3. The molecule has 0 atom stereocenters. The molecule has 5 aromatic rings. The lowest BCUT2D eigenvalue weighted by molar-refractivity contribution is 0.0226. The summed E-state index contributed by atoms with van der Waals surface area (Å²) in [5.74, 6) is 2.09. The Hall–Kier alpha value is -4.95. The summed E-state index contributed by atoms with van der Waals surface area (Å²) in [4.78, 5) is 23.2. The monoisotopic (exact) mass is 616 g/mol. The summed E-state index contributed by atoms with van der Waals surface area (Å²) in [5, 5.41) is 4.04. The highest BCUT2D eigenvalue weighted by molar-refractivity contribution is 5.80. The minimum Gasteiger partial charge on any atom is -0.456 e. The first-order valence-electron chi connectivity index (χ1n) is 16.0. The predicted octanol–water partition coefficient (Wildman–Crippen LogP) is 7.64. The van der Waals surface area contributed by atoms with Crippen molar-refractivity contribution in [1.29, 1.82) is 0 Å². The molecule has 0 unspecified atom stereocenters. The Bertz CT molecular complexity index is 1780. The molecule has 8 heteroatoms. The molecule has 7 nitrogen and oxygen atoms in total. The SMILES string of the molecule is O=C(NCc1ccc(F)cc1)OC1(CCCCN2CCN(c3ccc4ccccc4n3)CC2)c2ccccc2Oc2ccccc21. The van der Waals surface area contributed by atoms with Gasteiger partial charge in [-0.05, 0) is 73.8 Å². The van der Waals surface area contributed by atoms with E-state index in [4.69, 9.17) is 14.5 Å². The molecular weight excluding hydrogens is 579 g/mol. The maximum atomic E-state index is 13.4. The molecule has 1 aromatic heterocycles. The molecule has 1 saturated heterocycles. The predicted molar refractivity (Wildman–Crippen MR) is 178 cm³/mol. The smallest absolute Gasteiger partial charge is 0.408 e. The van der Waals surface area contributed by atoms with Crippen LogP contribution in [-0.4, -0.2) is 48.7 Å². The summed E-state index contributed by atoms with van der Waals surface area (Å²) in [5.41, 5.74) is 2.47. The van der Waals surface area contributed by atoms with E-state index in [9.17, 15) is 9.18 Å². The number of nitrogens with one attached hydrogen (secondary N) is 1. The average molecular weight is 617 g/mol. The van der Waals surface area contributed by atoms with Gasteiger partial charge in [-0.2, -0.15) is 0 Å². The molecule has 1 N–H and O–H groups in total. The molecule has 4 aromatic carbocycles. The molecule has 1 amide bonds.